The van der Waals surface area contributed by atoms with E-state index >= 15 is 0 Å². The number of carbonyl (C=O) groups is 3. The van der Waals surface area contributed by atoms with Crippen molar-refractivity contribution in [3.63, 3.8) is 0 Å². The Kier molecular flexibility index (Phi) is 5.57. The first-order chi connectivity index (χ1) is 14.8. The molecule has 0 bridgehead atoms. The molecule has 0 saturated carbocycles. The van der Waals surface area contributed by atoms with Gasteiger partial charge in [0, 0.05) is 4.47 Å². The van der Waals surface area contributed by atoms with Crippen molar-refractivity contribution in [2.24, 2.45) is 0 Å². The highest BCUT2D eigenvalue weighted by atomic mass is 79.9. The third kappa shape index (κ3) is 4.07. The van der Waals surface area contributed by atoms with Crippen molar-refractivity contribution in [3.05, 3.63) is 99.5 Å². The van der Waals surface area contributed by atoms with E-state index in [1.807, 2.05) is 50.2 Å². The van der Waals surface area contributed by atoms with Crippen molar-refractivity contribution in [2.45, 2.75) is 13.8 Å². The highest BCUT2D eigenvalue weighted by Crippen LogP contribution is 2.30. The maximum absolute atomic E-state index is 13.3. The molecule has 154 valence electrons. The Balaban J connectivity index is 1.87. The zero-order valence-corrected chi connectivity index (χ0v) is 18.6. The molecule has 3 aromatic rings. The lowest BCUT2D eigenvalue weighted by molar-refractivity contribution is -0.121. The number of urea groups is 1. The number of imide groups is 2. The number of nitrogens with zero attached hydrogens (tertiary/aromatic N) is 2. The van der Waals surface area contributed by atoms with Crippen LogP contribution in [0.5, 0.6) is 0 Å². The third-order valence-electron chi connectivity index (χ3n) is 4.99. The molecule has 1 aliphatic rings. The summed E-state index contributed by atoms with van der Waals surface area (Å²) in [7, 11) is 0. The predicted octanol–water partition coefficient (Wildman–Crippen LogP) is 5.65. The number of hydrogen-bond donors (Lipinski definition) is 0. The Morgan fingerprint density at radius 1 is 0.710 bits per heavy atom. The van der Waals surface area contributed by atoms with Crippen LogP contribution in [0.1, 0.15) is 16.7 Å². The van der Waals surface area contributed by atoms with Crippen LogP contribution in [0.2, 0.25) is 0 Å². The molecule has 1 aliphatic heterocycles. The summed E-state index contributed by atoms with van der Waals surface area (Å²) < 4.78 is 0.819. The molecule has 31 heavy (non-hydrogen) atoms. The highest BCUT2D eigenvalue weighted by Gasteiger charge is 2.43. The normalized spacial score (nSPS) is 14.3. The van der Waals surface area contributed by atoms with Gasteiger partial charge in [-0.2, -0.15) is 0 Å². The summed E-state index contributed by atoms with van der Waals surface area (Å²) in [5.41, 5.74) is 3.40. The lowest BCUT2D eigenvalue weighted by Gasteiger charge is -2.34. The van der Waals surface area contributed by atoms with E-state index in [0.717, 1.165) is 25.4 Å². The molecule has 0 aromatic heterocycles. The van der Waals surface area contributed by atoms with E-state index in [1.54, 1.807) is 36.4 Å². The van der Waals surface area contributed by atoms with Gasteiger partial charge in [0.15, 0.2) is 0 Å². The molecule has 3 aromatic carbocycles. The number of hydrogen-bond acceptors (Lipinski definition) is 3. The molecule has 6 heteroatoms. The predicted molar refractivity (Wildman–Crippen MR) is 125 cm³/mol. The van der Waals surface area contributed by atoms with E-state index in [-0.39, 0.29) is 5.57 Å². The van der Waals surface area contributed by atoms with Crippen LogP contribution in [-0.2, 0) is 9.59 Å². The first-order valence-corrected chi connectivity index (χ1v) is 10.5. The van der Waals surface area contributed by atoms with Crippen LogP contribution in [0, 0.1) is 13.8 Å². The van der Waals surface area contributed by atoms with Gasteiger partial charge in [0.25, 0.3) is 11.8 Å². The number of aryl methyl sites for hydroxylation is 2. The molecule has 4 amide bonds. The Morgan fingerprint density at radius 3 is 1.65 bits per heavy atom. The number of rotatable bonds is 3. The quantitative estimate of drug-likeness (QED) is 0.364. The van der Waals surface area contributed by atoms with Gasteiger partial charge >= 0.3 is 6.03 Å². The minimum absolute atomic E-state index is 0.0844. The Labute approximate surface area is 188 Å². The number of halogens is 1. The zero-order valence-electron chi connectivity index (χ0n) is 17.0. The summed E-state index contributed by atoms with van der Waals surface area (Å²) >= 11 is 3.40. The molecule has 0 N–H and O–H groups in total. The van der Waals surface area contributed by atoms with Gasteiger partial charge in [-0.1, -0.05) is 63.5 Å². The van der Waals surface area contributed by atoms with E-state index in [4.69, 9.17) is 0 Å². The van der Waals surface area contributed by atoms with Crippen LogP contribution < -0.4 is 9.80 Å². The molecule has 1 saturated heterocycles. The zero-order chi connectivity index (χ0) is 22.1. The second kappa shape index (κ2) is 8.32. The van der Waals surface area contributed by atoms with Crippen LogP contribution in [0.4, 0.5) is 16.2 Å². The largest absolute Gasteiger partial charge is 0.343 e. The second-order valence-electron chi connectivity index (χ2n) is 7.35. The lowest BCUT2D eigenvalue weighted by Crippen LogP contribution is -2.57. The van der Waals surface area contributed by atoms with Gasteiger partial charge in [-0.25, -0.2) is 14.6 Å². The number of amides is 4. The SMILES string of the molecule is Cc1ccc(N2C(=O)C(=Cc3cccc(Br)c3)C(=O)N(c3ccc(C)cc3)C2=O)cc1. The fourth-order valence-corrected chi connectivity index (χ4v) is 3.75. The molecule has 0 aliphatic carbocycles. The van der Waals surface area contributed by atoms with Crippen LogP contribution in [-0.4, -0.2) is 17.8 Å². The van der Waals surface area contributed by atoms with Gasteiger partial charge in [-0.3, -0.25) is 9.59 Å². The van der Waals surface area contributed by atoms with Gasteiger partial charge in [-0.15, -0.1) is 0 Å². The molecule has 0 radical (unpaired) electrons. The van der Waals surface area contributed by atoms with Gasteiger partial charge in [0.1, 0.15) is 5.57 Å². The number of barbiturate groups is 1. The fourth-order valence-electron chi connectivity index (χ4n) is 3.34. The second-order valence-corrected chi connectivity index (χ2v) is 8.26. The van der Waals surface area contributed by atoms with E-state index in [1.165, 1.54) is 6.08 Å². The smallest absolute Gasteiger partial charge is 0.268 e. The minimum Gasteiger partial charge on any atom is -0.268 e. The van der Waals surface area contributed by atoms with Crippen molar-refractivity contribution in [2.75, 3.05) is 9.80 Å². The molecule has 0 spiro atoms. The minimum atomic E-state index is -0.700. The number of carbonyl (C=O) groups excluding carboxylic acids is 3. The number of benzene rings is 3. The topological polar surface area (TPSA) is 57.7 Å². The van der Waals surface area contributed by atoms with Crippen LogP contribution in [0.15, 0.2) is 82.8 Å². The Hall–Kier alpha value is -3.51. The summed E-state index contributed by atoms with van der Waals surface area (Å²) in [5.74, 6) is -1.30. The first kappa shape index (κ1) is 20.8. The molecule has 1 fully saturated rings. The van der Waals surface area contributed by atoms with Gasteiger partial charge in [0.05, 0.1) is 11.4 Å². The molecule has 0 atom stereocenters. The monoisotopic (exact) mass is 474 g/mol. The summed E-state index contributed by atoms with van der Waals surface area (Å²) in [6.07, 6.45) is 1.52. The van der Waals surface area contributed by atoms with Gasteiger partial charge in [-0.05, 0) is 61.9 Å². The molecular weight excluding hydrogens is 456 g/mol. The standard InChI is InChI=1S/C25H19BrN2O3/c1-16-6-10-20(11-7-16)27-23(29)22(15-18-4-3-5-19(26)14-18)24(30)28(25(27)31)21-12-8-17(2)9-13-21/h3-15H,1-2H3. The van der Waals surface area contributed by atoms with Crippen molar-refractivity contribution in [3.8, 4) is 0 Å². The fraction of sp³-hybridized carbons (Fsp3) is 0.0800. The first-order valence-electron chi connectivity index (χ1n) is 9.68. The molecule has 5 nitrogen and oxygen atoms in total. The van der Waals surface area contributed by atoms with Crippen LogP contribution >= 0.6 is 15.9 Å². The van der Waals surface area contributed by atoms with E-state index in [2.05, 4.69) is 15.9 Å². The van der Waals surface area contributed by atoms with Gasteiger partial charge in [0.2, 0.25) is 0 Å². The van der Waals surface area contributed by atoms with Gasteiger partial charge < -0.3 is 0 Å². The molecular formula is C25H19BrN2O3. The van der Waals surface area contributed by atoms with Crippen LogP contribution in [0.25, 0.3) is 6.08 Å². The number of anilines is 2. The van der Waals surface area contributed by atoms with E-state index in [0.29, 0.717) is 16.9 Å². The third-order valence-corrected chi connectivity index (χ3v) is 5.49. The summed E-state index contributed by atoms with van der Waals surface area (Å²) in [6.45, 7) is 3.84. The highest BCUT2D eigenvalue weighted by molar-refractivity contribution is 9.10. The summed E-state index contributed by atoms with van der Waals surface area (Å²) in [4.78, 5) is 42.1. The Morgan fingerprint density at radius 2 is 1.19 bits per heavy atom. The van der Waals surface area contributed by atoms with Crippen molar-refractivity contribution < 1.29 is 14.4 Å². The average Bonchev–Trinajstić information content (AvgIpc) is 2.74. The average molecular weight is 475 g/mol. The van der Waals surface area contributed by atoms with Crippen molar-refractivity contribution in [1.29, 1.82) is 0 Å². The Bertz CT molecular complexity index is 1140. The maximum Gasteiger partial charge on any atom is 0.343 e. The van der Waals surface area contributed by atoms with Crippen molar-refractivity contribution >= 4 is 51.2 Å². The molecule has 4 rings (SSSR count). The summed E-state index contributed by atoms with van der Waals surface area (Å²) in [5, 5.41) is 0. The molecule has 0 unspecified atom stereocenters. The van der Waals surface area contributed by atoms with E-state index in [9.17, 15) is 14.4 Å². The molecule has 1 heterocycles. The van der Waals surface area contributed by atoms with Crippen molar-refractivity contribution in [1.82, 2.24) is 0 Å². The van der Waals surface area contributed by atoms with Crippen LogP contribution in [0.3, 0.4) is 0 Å². The van der Waals surface area contributed by atoms with E-state index < -0.39 is 17.8 Å². The lowest BCUT2D eigenvalue weighted by atomic mass is 10.0. The maximum atomic E-state index is 13.3. The summed E-state index contributed by atoms with van der Waals surface area (Å²) in [6, 6.07) is 20.6.